The minimum Gasteiger partial charge on any atom is -0.291 e. The molecule has 4 aromatic rings. The molecule has 0 bridgehead atoms. The third-order valence-electron chi connectivity index (χ3n) is 5.25. The van der Waals surface area contributed by atoms with E-state index < -0.39 is 0 Å². The first kappa shape index (κ1) is 21.5. The monoisotopic (exact) mass is 430 g/mol. The molecule has 0 saturated carbocycles. The Morgan fingerprint density at radius 1 is 1.06 bits per heavy atom. The zero-order chi connectivity index (χ0) is 22.3. The number of pyridine rings is 1. The van der Waals surface area contributed by atoms with Crippen molar-refractivity contribution in [2.45, 2.75) is 52.5 Å². The molecule has 0 aliphatic heterocycles. The second-order valence-electron chi connectivity index (χ2n) is 7.65. The van der Waals surface area contributed by atoms with Crippen LogP contribution in [0.3, 0.4) is 0 Å². The first-order valence-corrected chi connectivity index (χ1v) is 10.9. The predicted octanol–water partition coefficient (Wildman–Crippen LogP) is 3.89. The van der Waals surface area contributed by atoms with Gasteiger partial charge in [-0.1, -0.05) is 44.5 Å². The van der Waals surface area contributed by atoms with Crippen LogP contribution < -0.4 is 0 Å². The molecule has 164 valence electrons. The van der Waals surface area contributed by atoms with Crippen LogP contribution in [0.15, 0.2) is 42.7 Å². The van der Waals surface area contributed by atoms with Crippen molar-refractivity contribution in [3.8, 4) is 22.5 Å². The number of ketones is 1. The van der Waals surface area contributed by atoms with Crippen LogP contribution in [0.5, 0.6) is 0 Å². The number of nitrogens with one attached hydrogen (secondary N) is 1. The second kappa shape index (κ2) is 10.0. The summed E-state index contributed by atoms with van der Waals surface area (Å²) in [6.07, 6.45) is 7.43. The summed E-state index contributed by atoms with van der Waals surface area (Å²) in [4.78, 5) is 21.1. The molecule has 0 unspecified atom stereocenters. The SMILES string of the molecule is CCCCn1nc(C(=O)CCC)nc1Cc1ccc(-c2ccncc2-c2nnn[nH]2)cc1. The largest absolute Gasteiger partial charge is 0.291 e. The summed E-state index contributed by atoms with van der Waals surface area (Å²) >= 11 is 0. The summed E-state index contributed by atoms with van der Waals surface area (Å²) in [5.74, 6) is 1.73. The number of aryl methyl sites for hydroxylation is 1. The van der Waals surface area contributed by atoms with Gasteiger partial charge in [0.15, 0.2) is 5.82 Å². The van der Waals surface area contributed by atoms with Gasteiger partial charge in [-0.2, -0.15) is 0 Å². The van der Waals surface area contributed by atoms with Crippen molar-refractivity contribution in [2.24, 2.45) is 0 Å². The molecule has 32 heavy (non-hydrogen) atoms. The van der Waals surface area contributed by atoms with Crippen molar-refractivity contribution in [2.75, 3.05) is 0 Å². The lowest BCUT2D eigenvalue weighted by molar-refractivity contribution is 0.0971. The lowest BCUT2D eigenvalue weighted by atomic mass is 9.99. The normalized spacial score (nSPS) is 11.1. The summed E-state index contributed by atoms with van der Waals surface area (Å²) in [6.45, 7) is 4.89. The highest BCUT2D eigenvalue weighted by Gasteiger charge is 2.16. The van der Waals surface area contributed by atoms with Crippen LogP contribution in [-0.2, 0) is 13.0 Å². The molecule has 0 fully saturated rings. The zero-order valence-corrected chi connectivity index (χ0v) is 18.3. The number of aromatic amines is 1. The quantitative estimate of drug-likeness (QED) is 0.379. The van der Waals surface area contributed by atoms with E-state index in [-0.39, 0.29) is 5.78 Å². The Balaban J connectivity index is 1.58. The molecule has 1 aromatic carbocycles. The Hall–Kier alpha value is -3.75. The van der Waals surface area contributed by atoms with Gasteiger partial charge in [0.1, 0.15) is 5.82 Å². The van der Waals surface area contributed by atoms with E-state index in [2.05, 4.69) is 66.9 Å². The van der Waals surface area contributed by atoms with Crippen molar-refractivity contribution in [1.82, 2.24) is 40.4 Å². The van der Waals surface area contributed by atoms with Crippen molar-refractivity contribution >= 4 is 5.78 Å². The van der Waals surface area contributed by atoms with Gasteiger partial charge in [-0.25, -0.2) is 14.8 Å². The fourth-order valence-corrected chi connectivity index (χ4v) is 3.54. The molecule has 9 heteroatoms. The van der Waals surface area contributed by atoms with Crippen LogP contribution in [0.4, 0.5) is 0 Å². The summed E-state index contributed by atoms with van der Waals surface area (Å²) in [5, 5.41) is 18.6. The topological polar surface area (TPSA) is 115 Å². The zero-order valence-electron chi connectivity index (χ0n) is 18.3. The molecule has 0 saturated heterocycles. The van der Waals surface area contributed by atoms with Crippen molar-refractivity contribution in [1.29, 1.82) is 0 Å². The molecule has 0 aliphatic carbocycles. The Morgan fingerprint density at radius 3 is 2.62 bits per heavy atom. The number of rotatable bonds is 10. The third-order valence-corrected chi connectivity index (χ3v) is 5.25. The van der Waals surface area contributed by atoms with Crippen molar-refractivity contribution < 1.29 is 4.79 Å². The summed E-state index contributed by atoms with van der Waals surface area (Å²) in [5.41, 5.74) is 3.96. The number of nitrogens with zero attached hydrogens (tertiary/aromatic N) is 7. The van der Waals surface area contributed by atoms with Crippen molar-refractivity contribution in [3.05, 3.63) is 59.9 Å². The fourth-order valence-electron chi connectivity index (χ4n) is 3.54. The van der Waals surface area contributed by atoms with Crippen LogP contribution in [0.2, 0.25) is 0 Å². The number of aromatic nitrogens is 8. The van der Waals surface area contributed by atoms with Crippen LogP contribution in [0.25, 0.3) is 22.5 Å². The number of unbranched alkanes of at least 4 members (excludes halogenated alkanes) is 1. The third kappa shape index (κ3) is 4.77. The van der Waals surface area contributed by atoms with E-state index in [1.54, 1.807) is 12.4 Å². The van der Waals surface area contributed by atoms with Gasteiger partial charge in [0.2, 0.25) is 11.6 Å². The number of tetrazole rings is 1. The lowest BCUT2D eigenvalue weighted by Crippen LogP contribution is -2.07. The maximum atomic E-state index is 12.3. The average Bonchev–Trinajstić information content (AvgIpc) is 3.49. The summed E-state index contributed by atoms with van der Waals surface area (Å²) in [7, 11) is 0. The van der Waals surface area contributed by atoms with Crippen LogP contribution in [-0.4, -0.2) is 46.2 Å². The molecule has 1 N–H and O–H groups in total. The van der Waals surface area contributed by atoms with Crippen molar-refractivity contribution in [3.63, 3.8) is 0 Å². The molecular weight excluding hydrogens is 404 g/mol. The molecular formula is C23H26N8O. The van der Waals surface area contributed by atoms with E-state index in [1.165, 1.54) is 0 Å². The van der Waals surface area contributed by atoms with Crippen LogP contribution >= 0.6 is 0 Å². The smallest absolute Gasteiger partial charge is 0.217 e. The lowest BCUT2D eigenvalue weighted by Gasteiger charge is -2.08. The Kier molecular flexibility index (Phi) is 6.74. The minimum atomic E-state index is 0.00599. The van der Waals surface area contributed by atoms with E-state index in [0.29, 0.717) is 24.5 Å². The highest BCUT2D eigenvalue weighted by Crippen LogP contribution is 2.29. The molecule has 4 rings (SSSR count). The van der Waals surface area contributed by atoms with Crippen LogP contribution in [0, 0.1) is 0 Å². The second-order valence-corrected chi connectivity index (χ2v) is 7.65. The van der Waals surface area contributed by atoms with E-state index >= 15 is 0 Å². The highest BCUT2D eigenvalue weighted by molar-refractivity contribution is 5.92. The van der Waals surface area contributed by atoms with Crippen LogP contribution in [0.1, 0.15) is 61.5 Å². The predicted molar refractivity (Wildman–Crippen MR) is 120 cm³/mol. The molecule has 0 amide bonds. The number of carbonyl (C=O) groups excluding carboxylic acids is 1. The first-order valence-electron chi connectivity index (χ1n) is 10.9. The van der Waals surface area contributed by atoms with E-state index in [1.807, 2.05) is 17.7 Å². The number of Topliss-reactive ketones (excluding diaryl/α,β-unsaturated/α-hetero) is 1. The van der Waals surface area contributed by atoms with E-state index in [9.17, 15) is 4.79 Å². The standard InChI is InChI=1S/C23H26N8O/c1-3-5-13-31-21(25-23(28-31)20(32)6-4-2)14-16-7-9-17(10-8-16)18-11-12-24-15-19(18)22-26-29-30-27-22/h7-12,15H,3-6,13-14H2,1-2H3,(H,26,27,29,30). The number of benzene rings is 1. The molecule has 0 radical (unpaired) electrons. The van der Waals surface area contributed by atoms with Gasteiger partial charge < -0.3 is 0 Å². The first-order chi connectivity index (χ1) is 15.7. The maximum Gasteiger partial charge on any atom is 0.217 e. The van der Waals surface area contributed by atoms with Gasteiger partial charge in [0.05, 0.1) is 0 Å². The molecule has 0 spiro atoms. The highest BCUT2D eigenvalue weighted by atomic mass is 16.1. The molecule has 0 aliphatic rings. The van der Waals surface area contributed by atoms with Gasteiger partial charge in [-0.15, -0.1) is 10.2 Å². The molecule has 0 atom stereocenters. The Morgan fingerprint density at radius 2 is 1.91 bits per heavy atom. The molecule has 9 nitrogen and oxygen atoms in total. The molecule has 3 heterocycles. The Bertz CT molecular complexity index is 1170. The van der Waals surface area contributed by atoms with Gasteiger partial charge in [0, 0.05) is 37.3 Å². The average molecular weight is 431 g/mol. The van der Waals surface area contributed by atoms with Gasteiger partial charge in [-0.3, -0.25) is 9.78 Å². The number of H-pyrrole nitrogens is 1. The number of carbonyl (C=O) groups is 1. The van der Waals surface area contributed by atoms with E-state index in [4.69, 9.17) is 0 Å². The Labute approximate surface area is 186 Å². The number of hydrogen-bond donors (Lipinski definition) is 1. The van der Waals surface area contributed by atoms with Gasteiger partial charge in [0.25, 0.3) is 0 Å². The molecule has 3 aromatic heterocycles. The van der Waals surface area contributed by atoms with Gasteiger partial charge in [-0.05, 0) is 46.0 Å². The van der Waals surface area contributed by atoms with Gasteiger partial charge >= 0.3 is 0 Å². The summed E-state index contributed by atoms with van der Waals surface area (Å²) in [6, 6.07) is 10.2. The minimum absolute atomic E-state index is 0.00599. The maximum absolute atomic E-state index is 12.3. The summed E-state index contributed by atoms with van der Waals surface area (Å²) < 4.78 is 1.89. The fraction of sp³-hybridized carbons (Fsp3) is 0.348. The van der Waals surface area contributed by atoms with E-state index in [0.717, 1.165) is 53.9 Å². The number of hydrogen-bond acceptors (Lipinski definition) is 7.